The van der Waals surface area contributed by atoms with Gasteiger partial charge in [0.1, 0.15) is 4.90 Å². The molecule has 21 heavy (non-hydrogen) atoms. The molecule has 1 fully saturated rings. The lowest BCUT2D eigenvalue weighted by Crippen LogP contribution is -2.34. The first-order chi connectivity index (χ1) is 9.95. The number of likely N-dealkylation sites (N-methyl/N-ethyl adjacent to an activating group) is 1. The normalized spacial score (nSPS) is 15.8. The van der Waals surface area contributed by atoms with Crippen LogP contribution in [0.2, 0.25) is 0 Å². The van der Waals surface area contributed by atoms with Gasteiger partial charge in [0.05, 0.1) is 0 Å². The molecule has 0 atom stereocenters. The van der Waals surface area contributed by atoms with Gasteiger partial charge in [0, 0.05) is 30.6 Å². The van der Waals surface area contributed by atoms with E-state index in [4.69, 9.17) is 0 Å². The maximum atomic E-state index is 12.5. The molecule has 5 nitrogen and oxygen atoms in total. The summed E-state index contributed by atoms with van der Waals surface area (Å²) < 4.78 is 27.8. The van der Waals surface area contributed by atoms with Crippen molar-refractivity contribution in [1.29, 1.82) is 0 Å². The number of sulfonamides is 1. The van der Waals surface area contributed by atoms with Crippen molar-refractivity contribution in [3.05, 3.63) is 15.8 Å². The molecule has 0 spiro atoms. The predicted molar refractivity (Wildman–Crippen MR) is 87.3 cm³/mol. The molecule has 1 aliphatic carbocycles. The third-order valence-electron chi connectivity index (χ3n) is 3.72. The Morgan fingerprint density at radius 2 is 2.14 bits per heavy atom. The summed E-state index contributed by atoms with van der Waals surface area (Å²) in [6.45, 7) is 6.53. The molecule has 2 rings (SSSR count). The van der Waals surface area contributed by atoms with Crippen LogP contribution in [0.25, 0.3) is 0 Å². The number of rotatable bonds is 9. The second-order valence-electron chi connectivity index (χ2n) is 5.56. The molecule has 1 heterocycles. The number of thiophene rings is 1. The first kappa shape index (κ1) is 16.9. The van der Waals surface area contributed by atoms with E-state index in [0.717, 1.165) is 23.5 Å². The summed E-state index contributed by atoms with van der Waals surface area (Å²) in [5.41, 5.74) is 0.830. The van der Waals surface area contributed by atoms with Crippen molar-refractivity contribution in [2.45, 2.75) is 44.2 Å². The third kappa shape index (κ3) is 4.50. The summed E-state index contributed by atoms with van der Waals surface area (Å²) in [5.74, 6) is 0. The molecule has 0 saturated heterocycles. The number of hydrogen-bond donors (Lipinski definition) is 2. The number of hydrogen-bond acceptors (Lipinski definition) is 5. The molecule has 0 radical (unpaired) electrons. The summed E-state index contributed by atoms with van der Waals surface area (Å²) in [4.78, 5) is 3.57. The highest BCUT2D eigenvalue weighted by molar-refractivity contribution is 7.89. The average molecular weight is 332 g/mol. The summed E-state index contributed by atoms with van der Waals surface area (Å²) in [6, 6.07) is 0.654. The number of nitrogens with one attached hydrogen (secondary N) is 2. The highest BCUT2D eigenvalue weighted by atomic mass is 32.2. The Hall–Kier alpha value is -0.470. The standard InChI is InChI=1S/C14H25N3O2S2/c1-4-15-9-13-14(11(2)10-20-13)21(18,19)16-7-8-17(3)12-5-6-12/h10,12,15-16H,4-9H2,1-3H3. The van der Waals surface area contributed by atoms with Crippen LogP contribution in [0.1, 0.15) is 30.2 Å². The van der Waals surface area contributed by atoms with Crippen LogP contribution < -0.4 is 10.0 Å². The van der Waals surface area contributed by atoms with Gasteiger partial charge in [0.25, 0.3) is 0 Å². The molecular formula is C14H25N3O2S2. The summed E-state index contributed by atoms with van der Waals surface area (Å²) in [6.07, 6.45) is 2.47. The van der Waals surface area contributed by atoms with E-state index in [1.807, 2.05) is 19.2 Å². The van der Waals surface area contributed by atoms with Gasteiger partial charge < -0.3 is 10.2 Å². The van der Waals surface area contributed by atoms with E-state index in [1.165, 1.54) is 24.2 Å². The zero-order valence-electron chi connectivity index (χ0n) is 13.0. The Balaban J connectivity index is 1.99. The summed E-state index contributed by atoms with van der Waals surface area (Å²) in [7, 11) is -1.36. The van der Waals surface area contributed by atoms with Crippen LogP contribution in [0, 0.1) is 6.92 Å². The third-order valence-corrected chi connectivity index (χ3v) is 6.64. The smallest absolute Gasteiger partial charge is 0.242 e. The fourth-order valence-corrected chi connectivity index (χ4v) is 5.13. The molecule has 1 aliphatic rings. The topological polar surface area (TPSA) is 61.4 Å². The van der Waals surface area contributed by atoms with Crippen LogP contribution in [0.5, 0.6) is 0 Å². The predicted octanol–water partition coefficient (Wildman–Crippen LogP) is 1.54. The molecule has 120 valence electrons. The Labute approximate surface area is 131 Å². The van der Waals surface area contributed by atoms with E-state index in [-0.39, 0.29) is 0 Å². The highest BCUT2D eigenvalue weighted by Gasteiger charge is 2.27. The van der Waals surface area contributed by atoms with E-state index >= 15 is 0 Å². The molecule has 0 bridgehead atoms. The minimum absolute atomic E-state index is 0.461. The molecule has 0 amide bonds. The van der Waals surface area contributed by atoms with Crippen LogP contribution in [-0.4, -0.2) is 46.0 Å². The van der Waals surface area contributed by atoms with Crippen LogP contribution >= 0.6 is 11.3 Å². The van der Waals surface area contributed by atoms with E-state index < -0.39 is 10.0 Å². The fraction of sp³-hybridized carbons (Fsp3) is 0.714. The summed E-state index contributed by atoms with van der Waals surface area (Å²) in [5, 5.41) is 5.11. The Bertz CT molecular complexity index is 565. The minimum Gasteiger partial charge on any atom is -0.312 e. The van der Waals surface area contributed by atoms with Gasteiger partial charge in [0.15, 0.2) is 0 Å². The Kier molecular flexibility index (Phi) is 5.79. The maximum Gasteiger partial charge on any atom is 0.242 e. The quantitative estimate of drug-likeness (QED) is 0.720. The van der Waals surface area contributed by atoms with Gasteiger partial charge in [0.2, 0.25) is 10.0 Å². The van der Waals surface area contributed by atoms with E-state index in [9.17, 15) is 8.42 Å². The van der Waals surface area contributed by atoms with Crippen molar-refractivity contribution in [3.8, 4) is 0 Å². The fourth-order valence-electron chi connectivity index (χ4n) is 2.34. The van der Waals surface area contributed by atoms with Gasteiger partial charge in [-0.1, -0.05) is 6.92 Å². The van der Waals surface area contributed by atoms with E-state index in [1.54, 1.807) is 0 Å². The lowest BCUT2D eigenvalue weighted by molar-refractivity contribution is 0.329. The van der Waals surface area contributed by atoms with Crippen LogP contribution in [-0.2, 0) is 16.6 Å². The molecule has 7 heteroatoms. The van der Waals surface area contributed by atoms with E-state index in [2.05, 4.69) is 22.0 Å². The van der Waals surface area contributed by atoms with Crippen molar-refractivity contribution in [1.82, 2.24) is 14.9 Å². The molecule has 1 aromatic rings. The Morgan fingerprint density at radius 1 is 1.43 bits per heavy atom. The van der Waals surface area contributed by atoms with Gasteiger partial charge in [-0.15, -0.1) is 11.3 Å². The Morgan fingerprint density at radius 3 is 2.76 bits per heavy atom. The first-order valence-electron chi connectivity index (χ1n) is 7.43. The second-order valence-corrected chi connectivity index (χ2v) is 8.23. The number of aryl methyl sites for hydroxylation is 1. The van der Waals surface area contributed by atoms with Gasteiger partial charge in [-0.3, -0.25) is 0 Å². The largest absolute Gasteiger partial charge is 0.312 e. The SMILES string of the molecule is CCNCc1scc(C)c1S(=O)(=O)NCCN(C)C1CC1. The molecule has 0 aliphatic heterocycles. The maximum absolute atomic E-state index is 12.5. The van der Waals surface area contributed by atoms with Gasteiger partial charge in [-0.05, 0) is 44.3 Å². The molecular weight excluding hydrogens is 306 g/mol. The average Bonchev–Trinajstić information content (AvgIpc) is 3.20. The van der Waals surface area contributed by atoms with Crippen molar-refractivity contribution in [2.75, 3.05) is 26.7 Å². The van der Waals surface area contributed by atoms with Crippen LogP contribution in [0.15, 0.2) is 10.3 Å². The molecule has 2 N–H and O–H groups in total. The van der Waals surface area contributed by atoms with Crippen LogP contribution in [0.3, 0.4) is 0 Å². The highest BCUT2D eigenvalue weighted by Crippen LogP contribution is 2.27. The van der Waals surface area contributed by atoms with Crippen molar-refractivity contribution >= 4 is 21.4 Å². The zero-order chi connectivity index (χ0) is 15.5. The number of nitrogens with zero attached hydrogens (tertiary/aromatic N) is 1. The molecule has 1 saturated carbocycles. The van der Waals surface area contributed by atoms with E-state index in [0.29, 0.717) is 24.0 Å². The second kappa shape index (κ2) is 7.19. The van der Waals surface area contributed by atoms with Crippen molar-refractivity contribution < 1.29 is 8.42 Å². The molecule has 0 aromatic carbocycles. The monoisotopic (exact) mass is 331 g/mol. The summed E-state index contributed by atoms with van der Waals surface area (Å²) >= 11 is 1.51. The molecule has 0 unspecified atom stereocenters. The van der Waals surface area contributed by atoms with Crippen molar-refractivity contribution in [3.63, 3.8) is 0 Å². The van der Waals surface area contributed by atoms with Crippen LogP contribution in [0.4, 0.5) is 0 Å². The van der Waals surface area contributed by atoms with Gasteiger partial charge in [-0.25, -0.2) is 13.1 Å². The zero-order valence-corrected chi connectivity index (χ0v) is 14.6. The lowest BCUT2D eigenvalue weighted by atomic mass is 10.3. The lowest BCUT2D eigenvalue weighted by Gasteiger charge is -2.16. The minimum atomic E-state index is -3.42. The van der Waals surface area contributed by atoms with Crippen molar-refractivity contribution in [2.24, 2.45) is 0 Å². The first-order valence-corrected chi connectivity index (χ1v) is 9.79. The van der Waals surface area contributed by atoms with Gasteiger partial charge >= 0.3 is 0 Å². The van der Waals surface area contributed by atoms with Gasteiger partial charge in [-0.2, -0.15) is 0 Å². The molecule has 1 aromatic heterocycles.